The standard InChI is InChI=1S/C19H21IN2O3S/c1-14-3-4-15(2)18(13-14)26(24,25)22-11-9-21(10-12-22)19(23)16-5-7-17(20)8-6-16/h3-8,13H,9-12H2,1-2H3. The average molecular weight is 484 g/mol. The first kappa shape index (κ1) is 19.3. The number of hydrogen-bond acceptors (Lipinski definition) is 3. The van der Waals surface area contributed by atoms with Crippen LogP contribution in [0.1, 0.15) is 21.5 Å². The largest absolute Gasteiger partial charge is 0.336 e. The Morgan fingerprint density at radius 2 is 1.58 bits per heavy atom. The molecule has 0 unspecified atom stereocenters. The molecule has 138 valence electrons. The minimum atomic E-state index is -3.54. The lowest BCUT2D eigenvalue weighted by atomic mass is 10.2. The molecule has 2 aromatic rings. The van der Waals surface area contributed by atoms with Crippen molar-refractivity contribution >= 4 is 38.5 Å². The molecule has 1 aliphatic rings. The summed E-state index contributed by atoms with van der Waals surface area (Å²) in [7, 11) is -3.54. The van der Waals surface area contributed by atoms with Crippen LogP contribution in [0.5, 0.6) is 0 Å². The van der Waals surface area contributed by atoms with E-state index in [1.54, 1.807) is 11.0 Å². The Hall–Kier alpha value is -1.45. The van der Waals surface area contributed by atoms with Gasteiger partial charge in [0.25, 0.3) is 5.91 Å². The predicted molar refractivity (Wildman–Crippen MR) is 110 cm³/mol. The van der Waals surface area contributed by atoms with Gasteiger partial charge in [-0.3, -0.25) is 4.79 Å². The van der Waals surface area contributed by atoms with Gasteiger partial charge in [-0.25, -0.2) is 8.42 Å². The number of carbonyl (C=O) groups excluding carboxylic acids is 1. The third kappa shape index (κ3) is 3.94. The number of piperazine rings is 1. The van der Waals surface area contributed by atoms with Crippen LogP contribution < -0.4 is 0 Å². The Labute approximate surface area is 168 Å². The highest BCUT2D eigenvalue weighted by molar-refractivity contribution is 14.1. The van der Waals surface area contributed by atoms with E-state index in [1.807, 2.05) is 50.2 Å². The highest BCUT2D eigenvalue weighted by Gasteiger charge is 2.31. The minimum absolute atomic E-state index is 0.0508. The van der Waals surface area contributed by atoms with Crippen LogP contribution in [0, 0.1) is 17.4 Å². The molecular weight excluding hydrogens is 463 g/mol. The van der Waals surface area contributed by atoms with Crippen LogP contribution in [0.25, 0.3) is 0 Å². The molecular formula is C19H21IN2O3S. The van der Waals surface area contributed by atoms with Gasteiger partial charge in [0, 0.05) is 35.3 Å². The lowest BCUT2D eigenvalue weighted by molar-refractivity contribution is 0.0698. The van der Waals surface area contributed by atoms with Gasteiger partial charge in [-0.1, -0.05) is 12.1 Å². The second kappa shape index (κ2) is 7.66. The Morgan fingerprint density at radius 1 is 0.962 bits per heavy atom. The monoisotopic (exact) mass is 484 g/mol. The third-order valence-corrected chi connectivity index (χ3v) is 7.34. The first-order chi connectivity index (χ1) is 12.3. The summed E-state index contributed by atoms with van der Waals surface area (Å²) < 4.78 is 28.5. The summed E-state index contributed by atoms with van der Waals surface area (Å²) in [6.07, 6.45) is 0. The molecule has 1 saturated heterocycles. The van der Waals surface area contributed by atoms with Gasteiger partial charge in [0.2, 0.25) is 10.0 Å². The van der Waals surface area contributed by atoms with Crippen molar-refractivity contribution in [3.63, 3.8) is 0 Å². The number of aryl methyl sites for hydroxylation is 2. The van der Waals surface area contributed by atoms with Crippen molar-refractivity contribution < 1.29 is 13.2 Å². The summed E-state index contributed by atoms with van der Waals surface area (Å²) in [4.78, 5) is 14.7. The van der Waals surface area contributed by atoms with Gasteiger partial charge in [-0.05, 0) is 77.9 Å². The quantitative estimate of drug-likeness (QED) is 0.630. The molecule has 3 rings (SSSR count). The van der Waals surface area contributed by atoms with Crippen LogP contribution in [0.15, 0.2) is 47.4 Å². The predicted octanol–water partition coefficient (Wildman–Crippen LogP) is 3.05. The topological polar surface area (TPSA) is 57.7 Å². The van der Waals surface area contributed by atoms with E-state index in [0.717, 1.165) is 14.7 Å². The molecule has 7 heteroatoms. The molecule has 0 atom stereocenters. The van der Waals surface area contributed by atoms with E-state index in [1.165, 1.54) is 4.31 Å². The third-order valence-electron chi connectivity index (χ3n) is 4.58. The van der Waals surface area contributed by atoms with Crippen LogP contribution in [0.4, 0.5) is 0 Å². The van der Waals surface area contributed by atoms with Gasteiger partial charge < -0.3 is 4.90 Å². The highest BCUT2D eigenvalue weighted by atomic mass is 127. The summed E-state index contributed by atoms with van der Waals surface area (Å²) >= 11 is 2.20. The molecule has 1 heterocycles. The first-order valence-electron chi connectivity index (χ1n) is 8.41. The zero-order valence-corrected chi connectivity index (χ0v) is 17.7. The van der Waals surface area contributed by atoms with Crippen molar-refractivity contribution in [1.82, 2.24) is 9.21 Å². The maximum Gasteiger partial charge on any atom is 0.253 e. The Morgan fingerprint density at radius 3 is 2.19 bits per heavy atom. The van der Waals surface area contributed by atoms with Crippen LogP contribution in [0.2, 0.25) is 0 Å². The molecule has 0 spiro atoms. The van der Waals surface area contributed by atoms with Gasteiger partial charge in [0.1, 0.15) is 0 Å². The number of halogens is 1. The number of nitrogens with zero attached hydrogens (tertiary/aromatic N) is 2. The van der Waals surface area contributed by atoms with E-state index < -0.39 is 10.0 Å². The first-order valence-corrected chi connectivity index (χ1v) is 10.9. The molecule has 1 fully saturated rings. The minimum Gasteiger partial charge on any atom is -0.336 e. The molecule has 2 aromatic carbocycles. The molecule has 0 aliphatic carbocycles. The van der Waals surface area contributed by atoms with Gasteiger partial charge in [-0.2, -0.15) is 4.31 Å². The molecule has 5 nitrogen and oxygen atoms in total. The van der Waals surface area contributed by atoms with Crippen molar-refractivity contribution in [2.75, 3.05) is 26.2 Å². The second-order valence-electron chi connectivity index (χ2n) is 6.47. The normalized spacial score (nSPS) is 15.9. The van der Waals surface area contributed by atoms with Crippen LogP contribution in [-0.2, 0) is 10.0 Å². The molecule has 0 aromatic heterocycles. The number of carbonyl (C=O) groups is 1. The van der Waals surface area contributed by atoms with Crippen LogP contribution in [-0.4, -0.2) is 49.7 Å². The van der Waals surface area contributed by atoms with E-state index in [2.05, 4.69) is 22.6 Å². The van der Waals surface area contributed by atoms with Gasteiger partial charge >= 0.3 is 0 Å². The lowest BCUT2D eigenvalue weighted by Crippen LogP contribution is -2.50. The smallest absolute Gasteiger partial charge is 0.253 e. The zero-order valence-electron chi connectivity index (χ0n) is 14.8. The summed E-state index contributed by atoms with van der Waals surface area (Å²) in [6.45, 7) is 5.11. The number of sulfonamides is 1. The highest BCUT2D eigenvalue weighted by Crippen LogP contribution is 2.23. The van der Waals surface area contributed by atoms with Crippen molar-refractivity contribution in [3.05, 3.63) is 62.7 Å². The summed E-state index contributed by atoms with van der Waals surface area (Å²) in [5.41, 5.74) is 2.30. The Balaban J connectivity index is 1.72. The van der Waals surface area contributed by atoms with Crippen LogP contribution >= 0.6 is 22.6 Å². The molecule has 0 saturated carbocycles. The number of amides is 1. The van der Waals surface area contributed by atoms with Crippen molar-refractivity contribution in [2.24, 2.45) is 0 Å². The van der Waals surface area contributed by atoms with E-state index >= 15 is 0 Å². The summed E-state index contributed by atoms with van der Waals surface area (Å²) in [6, 6.07) is 12.9. The Bertz CT molecular complexity index is 918. The number of hydrogen-bond donors (Lipinski definition) is 0. The van der Waals surface area contributed by atoms with E-state index in [0.29, 0.717) is 36.6 Å². The fraction of sp³-hybridized carbons (Fsp3) is 0.316. The van der Waals surface area contributed by atoms with Gasteiger partial charge in [0.15, 0.2) is 0 Å². The lowest BCUT2D eigenvalue weighted by Gasteiger charge is -2.34. The number of rotatable bonds is 3. The molecule has 0 N–H and O–H groups in total. The second-order valence-corrected chi connectivity index (χ2v) is 9.62. The molecule has 0 bridgehead atoms. The summed E-state index contributed by atoms with van der Waals surface area (Å²) in [5, 5.41) is 0. The maximum absolute atomic E-state index is 13.0. The zero-order chi connectivity index (χ0) is 18.9. The van der Waals surface area contributed by atoms with Gasteiger partial charge in [-0.15, -0.1) is 0 Å². The molecule has 26 heavy (non-hydrogen) atoms. The van der Waals surface area contributed by atoms with Crippen LogP contribution in [0.3, 0.4) is 0 Å². The molecule has 0 radical (unpaired) electrons. The van der Waals surface area contributed by atoms with E-state index in [4.69, 9.17) is 0 Å². The number of benzene rings is 2. The van der Waals surface area contributed by atoms with Gasteiger partial charge in [0.05, 0.1) is 4.90 Å². The Kier molecular flexibility index (Phi) is 5.69. The average Bonchev–Trinajstić information content (AvgIpc) is 2.64. The maximum atomic E-state index is 13.0. The van der Waals surface area contributed by atoms with E-state index in [-0.39, 0.29) is 5.91 Å². The van der Waals surface area contributed by atoms with Crippen molar-refractivity contribution in [1.29, 1.82) is 0 Å². The van der Waals surface area contributed by atoms with Crippen molar-refractivity contribution in [3.8, 4) is 0 Å². The molecule has 1 amide bonds. The van der Waals surface area contributed by atoms with E-state index in [9.17, 15) is 13.2 Å². The van der Waals surface area contributed by atoms with Crippen molar-refractivity contribution in [2.45, 2.75) is 18.7 Å². The fourth-order valence-electron chi connectivity index (χ4n) is 3.03. The fourth-order valence-corrected chi connectivity index (χ4v) is 5.12. The SMILES string of the molecule is Cc1ccc(C)c(S(=O)(=O)N2CCN(C(=O)c3ccc(I)cc3)CC2)c1. The summed E-state index contributed by atoms with van der Waals surface area (Å²) in [5.74, 6) is -0.0508. The molecule has 1 aliphatic heterocycles.